The Morgan fingerprint density at radius 3 is 2.86 bits per heavy atom. The number of hydrazone groups is 1. The van der Waals surface area contributed by atoms with E-state index in [9.17, 15) is 9.59 Å². The van der Waals surface area contributed by atoms with E-state index in [0.29, 0.717) is 33.6 Å². The number of aromatic nitrogens is 2. The van der Waals surface area contributed by atoms with Crippen LogP contribution in [0.2, 0.25) is 0 Å². The van der Waals surface area contributed by atoms with Crippen LogP contribution < -0.4 is 25.2 Å². The first kappa shape index (κ1) is 17.5. The lowest BCUT2D eigenvalue weighted by molar-refractivity contribution is 0.0950. The molecular weight excluding hydrogens is 364 g/mol. The van der Waals surface area contributed by atoms with Crippen LogP contribution >= 0.6 is 0 Å². The molecule has 2 aromatic carbocycles. The van der Waals surface area contributed by atoms with E-state index in [-0.39, 0.29) is 18.0 Å². The monoisotopic (exact) mass is 380 g/mol. The van der Waals surface area contributed by atoms with E-state index in [2.05, 4.69) is 15.6 Å². The third-order valence-corrected chi connectivity index (χ3v) is 4.23. The van der Waals surface area contributed by atoms with E-state index in [1.54, 1.807) is 36.4 Å². The molecule has 142 valence electrons. The van der Waals surface area contributed by atoms with Crippen molar-refractivity contribution in [3.8, 4) is 17.2 Å². The first-order valence-electron chi connectivity index (χ1n) is 8.35. The van der Waals surface area contributed by atoms with Gasteiger partial charge in [-0.2, -0.15) is 10.2 Å². The van der Waals surface area contributed by atoms with Gasteiger partial charge in [0, 0.05) is 18.0 Å². The van der Waals surface area contributed by atoms with E-state index in [1.807, 2.05) is 0 Å². The highest BCUT2D eigenvalue weighted by molar-refractivity contribution is 6.05. The van der Waals surface area contributed by atoms with Crippen LogP contribution in [0.15, 0.2) is 46.3 Å². The number of rotatable bonds is 4. The molecule has 0 atom stereocenters. The van der Waals surface area contributed by atoms with Crippen molar-refractivity contribution in [3.63, 3.8) is 0 Å². The van der Waals surface area contributed by atoms with E-state index < -0.39 is 5.91 Å². The smallest absolute Gasteiger partial charge is 0.292 e. The lowest BCUT2D eigenvalue weighted by Gasteiger charge is -2.07. The van der Waals surface area contributed by atoms with Crippen molar-refractivity contribution in [3.05, 3.63) is 58.0 Å². The van der Waals surface area contributed by atoms with Gasteiger partial charge in [0.05, 0.1) is 18.7 Å². The minimum absolute atomic E-state index is 0.109. The van der Waals surface area contributed by atoms with Crippen molar-refractivity contribution in [2.45, 2.75) is 0 Å². The number of benzene rings is 2. The van der Waals surface area contributed by atoms with Gasteiger partial charge in [-0.25, -0.2) is 10.1 Å². The highest BCUT2D eigenvalue weighted by Gasteiger charge is 2.20. The summed E-state index contributed by atoms with van der Waals surface area (Å²) in [4.78, 5) is 24.7. The van der Waals surface area contributed by atoms with Crippen LogP contribution in [-0.4, -0.2) is 35.8 Å². The fraction of sp³-hybridized carbons (Fsp3) is 0.158. The van der Waals surface area contributed by atoms with Gasteiger partial charge in [0.15, 0.2) is 17.2 Å². The number of hydrogen-bond acceptors (Lipinski definition) is 7. The predicted molar refractivity (Wildman–Crippen MR) is 101 cm³/mol. The van der Waals surface area contributed by atoms with Gasteiger partial charge in [-0.15, -0.1) is 0 Å². The van der Waals surface area contributed by atoms with Gasteiger partial charge in [-0.1, -0.05) is 18.2 Å². The Labute approximate surface area is 159 Å². The van der Waals surface area contributed by atoms with Gasteiger partial charge in [-0.05, 0) is 18.2 Å². The highest BCUT2D eigenvalue weighted by atomic mass is 16.7. The summed E-state index contributed by atoms with van der Waals surface area (Å²) in [6.07, 6.45) is 1.45. The number of nitrogens with zero attached hydrogens (tertiary/aromatic N) is 3. The molecule has 0 saturated carbocycles. The molecule has 9 heteroatoms. The Kier molecular flexibility index (Phi) is 4.40. The molecule has 0 radical (unpaired) electrons. The molecular formula is C19H16N4O5. The molecule has 3 aromatic rings. The summed E-state index contributed by atoms with van der Waals surface area (Å²) in [5, 5.41) is 8.91. The van der Waals surface area contributed by atoms with E-state index >= 15 is 0 Å². The van der Waals surface area contributed by atoms with Crippen LogP contribution in [0.25, 0.3) is 10.8 Å². The van der Waals surface area contributed by atoms with Crippen molar-refractivity contribution < 1.29 is 19.0 Å². The first-order chi connectivity index (χ1) is 13.6. The standard InChI is InChI=1S/C19H16N4O5/c1-23-19(25)13-6-4-3-5-12(13)16(22-23)18(24)21-20-9-11-7-14(26-2)17-15(8-11)27-10-28-17/h3-9H,10H2,1-2H3,(H,21,24)/b20-9-. The van der Waals surface area contributed by atoms with Crippen LogP contribution in [0.3, 0.4) is 0 Å². The van der Waals surface area contributed by atoms with Gasteiger partial charge in [0.1, 0.15) is 0 Å². The molecule has 2 heterocycles. The van der Waals surface area contributed by atoms with Crippen LogP contribution in [0.1, 0.15) is 16.1 Å². The maximum Gasteiger partial charge on any atom is 0.292 e. The Hall–Kier alpha value is -3.88. The summed E-state index contributed by atoms with van der Waals surface area (Å²) in [6, 6.07) is 10.2. The first-order valence-corrected chi connectivity index (χ1v) is 8.35. The number of hydrogen-bond donors (Lipinski definition) is 1. The lowest BCUT2D eigenvalue weighted by Crippen LogP contribution is -2.27. The molecule has 0 unspecified atom stereocenters. The molecule has 1 aliphatic rings. The molecule has 4 rings (SSSR count). The SMILES string of the molecule is COc1cc(/C=N\NC(=O)c2nn(C)c(=O)c3ccccc23)cc2c1OCO2. The number of ether oxygens (including phenoxy) is 3. The Balaban J connectivity index is 1.60. The number of aryl methyl sites for hydroxylation is 1. The Morgan fingerprint density at radius 1 is 1.29 bits per heavy atom. The van der Waals surface area contributed by atoms with Crippen molar-refractivity contribution >= 4 is 22.9 Å². The molecule has 9 nitrogen and oxygen atoms in total. The predicted octanol–water partition coefficient (Wildman–Crippen LogP) is 1.43. The van der Waals surface area contributed by atoms with Crippen LogP contribution in [0.5, 0.6) is 17.2 Å². The summed E-state index contributed by atoms with van der Waals surface area (Å²) in [7, 11) is 3.02. The minimum Gasteiger partial charge on any atom is -0.493 e. The fourth-order valence-corrected chi connectivity index (χ4v) is 2.91. The second kappa shape index (κ2) is 7.03. The Bertz CT molecular complexity index is 1170. The normalized spacial score (nSPS) is 12.5. The molecule has 0 fully saturated rings. The summed E-state index contributed by atoms with van der Waals surface area (Å²) < 4.78 is 17.1. The zero-order chi connectivity index (χ0) is 19.7. The second-order valence-corrected chi connectivity index (χ2v) is 5.98. The zero-order valence-electron chi connectivity index (χ0n) is 15.1. The molecule has 0 saturated heterocycles. The average molecular weight is 380 g/mol. The third-order valence-electron chi connectivity index (χ3n) is 4.23. The fourth-order valence-electron chi connectivity index (χ4n) is 2.91. The van der Waals surface area contributed by atoms with Crippen LogP contribution in [0.4, 0.5) is 0 Å². The molecule has 0 bridgehead atoms. The van der Waals surface area contributed by atoms with Gasteiger partial charge >= 0.3 is 0 Å². The second-order valence-electron chi connectivity index (χ2n) is 5.98. The molecule has 1 aromatic heterocycles. The van der Waals surface area contributed by atoms with Gasteiger partial charge in [0.25, 0.3) is 11.5 Å². The van der Waals surface area contributed by atoms with Crippen molar-refractivity contribution in [1.29, 1.82) is 0 Å². The number of carbonyl (C=O) groups is 1. The average Bonchev–Trinajstić information content (AvgIpc) is 3.18. The lowest BCUT2D eigenvalue weighted by atomic mass is 10.1. The molecule has 28 heavy (non-hydrogen) atoms. The minimum atomic E-state index is -0.532. The number of amides is 1. The quantitative estimate of drug-likeness (QED) is 0.542. The van der Waals surface area contributed by atoms with Crippen molar-refractivity contribution in [1.82, 2.24) is 15.2 Å². The maximum atomic E-state index is 12.6. The number of fused-ring (bicyclic) bond motifs is 2. The summed E-state index contributed by atoms with van der Waals surface area (Å²) in [5.74, 6) is 1.05. The number of carbonyl (C=O) groups excluding carboxylic acids is 1. The van der Waals surface area contributed by atoms with Crippen molar-refractivity contribution in [2.24, 2.45) is 12.1 Å². The topological polar surface area (TPSA) is 104 Å². The molecule has 0 spiro atoms. The summed E-state index contributed by atoms with van der Waals surface area (Å²) >= 11 is 0. The highest BCUT2D eigenvalue weighted by Crippen LogP contribution is 2.41. The van der Waals surface area contributed by atoms with Gasteiger partial charge < -0.3 is 14.2 Å². The summed E-state index contributed by atoms with van der Waals surface area (Å²) in [6.45, 7) is 0.120. The van der Waals surface area contributed by atoms with Crippen LogP contribution in [-0.2, 0) is 7.05 Å². The Morgan fingerprint density at radius 2 is 2.07 bits per heavy atom. The maximum absolute atomic E-state index is 12.6. The number of nitrogens with one attached hydrogen (secondary N) is 1. The third kappa shape index (κ3) is 3.02. The van der Waals surface area contributed by atoms with E-state index in [4.69, 9.17) is 14.2 Å². The molecule has 0 aliphatic carbocycles. The van der Waals surface area contributed by atoms with E-state index in [1.165, 1.54) is 20.4 Å². The number of methoxy groups -OCH3 is 1. The molecule has 1 N–H and O–H groups in total. The zero-order valence-corrected chi connectivity index (χ0v) is 15.1. The molecule has 1 amide bonds. The summed E-state index contributed by atoms with van der Waals surface area (Å²) in [5.41, 5.74) is 2.92. The van der Waals surface area contributed by atoms with Gasteiger partial charge in [0.2, 0.25) is 12.5 Å². The van der Waals surface area contributed by atoms with Crippen LogP contribution in [0, 0.1) is 0 Å². The van der Waals surface area contributed by atoms with Gasteiger partial charge in [-0.3, -0.25) is 9.59 Å². The molecule has 1 aliphatic heterocycles. The largest absolute Gasteiger partial charge is 0.493 e. The van der Waals surface area contributed by atoms with Crippen molar-refractivity contribution in [2.75, 3.05) is 13.9 Å². The van der Waals surface area contributed by atoms with E-state index in [0.717, 1.165) is 4.68 Å².